The van der Waals surface area contributed by atoms with E-state index in [-0.39, 0.29) is 6.04 Å². The molecule has 5 heteroatoms. The Bertz CT molecular complexity index is 338. The van der Waals surface area contributed by atoms with Crippen LogP contribution >= 0.6 is 0 Å². The lowest BCUT2D eigenvalue weighted by atomic mass is 9.86. The monoisotopic (exact) mass is 260 g/mol. The summed E-state index contributed by atoms with van der Waals surface area (Å²) < 4.78 is 26.2. The number of hydrogen-bond acceptors (Lipinski definition) is 3. The van der Waals surface area contributed by atoms with Gasteiger partial charge in [0.05, 0.1) is 5.75 Å². The lowest BCUT2D eigenvalue weighted by Crippen LogP contribution is -2.36. The maximum atomic E-state index is 11.7. The van der Waals surface area contributed by atoms with Gasteiger partial charge in [-0.05, 0) is 37.5 Å². The van der Waals surface area contributed by atoms with E-state index in [0.29, 0.717) is 24.1 Å². The fourth-order valence-electron chi connectivity index (χ4n) is 2.56. The molecule has 0 aromatic heterocycles. The Morgan fingerprint density at radius 3 is 2.53 bits per heavy atom. The molecule has 17 heavy (non-hydrogen) atoms. The second-order valence-corrected chi connectivity index (χ2v) is 7.62. The largest absolute Gasteiger partial charge is 0.328 e. The average Bonchev–Trinajstić information content (AvgIpc) is 3.08. The van der Waals surface area contributed by atoms with Gasteiger partial charge in [-0.3, -0.25) is 0 Å². The Hall–Kier alpha value is -0.130. The predicted molar refractivity (Wildman–Crippen MR) is 69.1 cm³/mol. The SMILES string of the molecule is NC1CCCC(CNS(=O)(=O)CCC2CC2)C1. The zero-order chi connectivity index (χ0) is 12.3. The van der Waals surface area contributed by atoms with Crippen LogP contribution in [-0.2, 0) is 10.0 Å². The van der Waals surface area contributed by atoms with E-state index < -0.39 is 10.0 Å². The van der Waals surface area contributed by atoms with Gasteiger partial charge in [-0.15, -0.1) is 0 Å². The normalized spacial score (nSPS) is 30.4. The zero-order valence-corrected chi connectivity index (χ0v) is 11.2. The van der Waals surface area contributed by atoms with Gasteiger partial charge < -0.3 is 5.73 Å². The Balaban J connectivity index is 1.68. The van der Waals surface area contributed by atoms with Crippen molar-refractivity contribution in [3.05, 3.63) is 0 Å². The minimum absolute atomic E-state index is 0.268. The van der Waals surface area contributed by atoms with Gasteiger partial charge in [-0.25, -0.2) is 13.1 Å². The van der Waals surface area contributed by atoms with Gasteiger partial charge in [0.25, 0.3) is 0 Å². The van der Waals surface area contributed by atoms with Gasteiger partial charge in [0.2, 0.25) is 10.0 Å². The highest BCUT2D eigenvalue weighted by atomic mass is 32.2. The van der Waals surface area contributed by atoms with Crippen LogP contribution in [0.1, 0.15) is 44.9 Å². The van der Waals surface area contributed by atoms with Gasteiger partial charge in [-0.1, -0.05) is 19.3 Å². The Morgan fingerprint density at radius 2 is 1.88 bits per heavy atom. The molecule has 2 aliphatic carbocycles. The van der Waals surface area contributed by atoms with E-state index in [0.717, 1.165) is 32.1 Å². The van der Waals surface area contributed by atoms with E-state index >= 15 is 0 Å². The van der Waals surface area contributed by atoms with Gasteiger partial charge in [0.1, 0.15) is 0 Å². The zero-order valence-electron chi connectivity index (χ0n) is 10.4. The summed E-state index contributed by atoms with van der Waals surface area (Å²) in [4.78, 5) is 0. The number of sulfonamides is 1. The topological polar surface area (TPSA) is 72.2 Å². The minimum Gasteiger partial charge on any atom is -0.328 e. The van der Waals surface area contributed by atoms with Crippen LogP contribution in [0.2, 0.25) is 0 Å². The van der Waals surface area contributed by atoms with Gasteiger partial charge in [0.15, 0.2) is 0 Å². The highest BCUT2D eigenvalue weighted by molar-refractivity contribution is 7.89. The minimum atomic E-state index is -3.04. The molecule has 0 heterocycles. The molecule has 0 amide bonds. The molecule has 100 valence electrons. The van der Waals surface area contributed by atoms with E-state index in [1.165, 1.54) is 12.8 Å². The third-order valence-electron chi connectivity index (χ3n) is 3.91. The second-order valence-electron chi connectivity index (χ2n) is 5.69. The fraction of sp³-hybridized carbons (Fsp3) is 1.00. The lowest BCUT2D eigenvalue weighted by molar-refractivity contribution is 0.322. The molecule has 2 saturated carbocycles. The average molecular weight is 260 g/mol. The van der Waals surface area contributed by atoms with Crippen molar-refractivity contribution in [1.29, 1.82) is 0 Å². The molecule has 2 aliphatic rings. The fourth-order valence-corrected chi connectivity index (χ4v) is 3.84. The van der Waals surface area contributed by atoms with E-state index in [2.05, 4.69) is 4.72 Å². The van der Waals surface area contributed by atoms with Crippen molar-refractivity contribution < 1.29 is 8.42 Å². The third-order valence-corrected chi connectivity index (χ3v) is 5.29. The quantitative estimate of drug-likeness (QED) is 0.754. The van der Waals surface area contributed by atoms with Crippen LogP contribution in [0.3, 0.4) is 0 Å². The van der Waals surface area contributed by atoms with Crippen LogP contribution < -0.4 is 10.5 Å². The first-order valence-electron chi connectivity index (χ1n) is 6.78. The number of rotatable bonds is 6. The van der Waals surface area contributed by atoms with Crippen molar-refractivity contribution in [2.24, 2.45) is 17.6 Å². The molecule has 0 spiro atoms. The van der Waals surface area contributed by atoms with Crippen LogP contribution in [0.15, 0.2) is 0 Å². The molecule has 2 fully saturated rings. The summed E-state index contributed by atoms with van der Waals surface area (Å²) in [7, 11) is -3.04. The molecule has 0 aromatic rings. The first-order chi connectivity index (χ1) is 8.05. The summed E-state index contributed by atoms with van der Waals surface area (Å²) in [6, 6.07) is 0.268. The summed E-state index contributed by atoms with van der Waals surface area (Å²) >= 11 is 0. The Morgan fingerprint density at radius 1 is 1.12 bits per heavy atom. The highest BCUT2D eigenvalue weighted by Gasteiger charge is 2.25. The molecule has 2 rings (SSSR count). The Labute approximate surface area is 104 Å². The summed E-state index contributed by atoms with van der Waals surface area (Å²) in [6.45, 7) is 0.584. The maximum Gasteiger partial charge on any atom is 0.211 e. The smallest absolute Gasteiger partial charge is 0.211 e. The summed E-state index contributed by atoms with van der Waals surface area (Å²) in [5.41, 5.74) is 5.89. The van der Waals surface area contributed by atoms with Crippen LogP contribution in [0.4, 0.5) is 0 Å². The van der Waals surface area contributed by atoms with E-state index in [9.17, 15) is 8.42 Å². The molecule has 4 nitrogen and oxygen atoms in total. The van der Waals surface area contributed by atoms with E-state index in [1.807, 2.05) is 0 Å². The molecular formula is C12H24N2O2S. The first kappa shape index (κ1) is 13.3. The summed E-state index contributed by atoms with van der Waals surface area (Å²) in [5, 5.41) is 0. The van der Waals surface area contributed by atoms with Crippen molar-refractivity contribution in [3.8, 4) is 0 Å². The van der Waals surface area contributed by atoms with Crippen molar-refractivity contribution in [1.82, 2.24) is 4.72 Å². The number of hydrogen-bond donors (Lipinski definition) is 2. The van der Waals surface area contributed by atoms with Crippen LogP contribution in [0.25, 0.3) is 0 Å². The van der Waals surface area contributed by atoms with Crippen LogP contribution in [0.5, 0.6) is 0 Å². The molecule has 3 N–H and O–H groups in total. The maximum absolute atomic E-state index is 11.7. The van der Waals surface area contributed by atoms with Crippen LogP contribution in [-0.4, -0.2) is 26.8 Å². The second kappa shape index (κ2) is 5.67. The van der Waals surface area contributed by atoms with Crippen molar-refractivity contribution >= 4 is 10.0 Å². The first-order valence-corrected chi connectivity index (χ1v) is 8.43. The molecule has 2 unspecified atom stereocenters. The van der Waals surface area contributed by atoms with Crippen molar-refractivity contribution in [2.75, 3.05) is 12.3 Å². The van der Waals surface area contributed by atoms with E-state index in [4.69, 9.17) is 5.73 Å². The summed E-state index contributed by atoms with van der Waals surface area (Å²) in [6.07, 6.45) is 7.56. The third kappa shape index (κ3) is 4.94. The highest BCUT2D eigenvalue weighted by Crippen LogP contribution is 2.32. The van der Waals surface area contributed by atoms with Gasteiger partial charge in [-0.2, -0.15) is 0 Å². The van der Waals surface area contributed by atoms with Crippen LogP contribution in [0, 0.1) is 11.8 Å². The molecule has 0 aliphatic heterocycles. The molecule has 0 aromatic carbocycles. The van der Waals surface area contributed by atoms with Crippen molar-refractivity contribution in [2.45, 2.75) is 51.0 Å². The number of nitrogens with two attached hydrogens (primary N) is 1. The predicted octanol–water partition coefficient (Wildman–Crippen LogP) is 1.22. The molecular weight excluding hydrogens is 236 g/mol. The molecule has 0 radical (unpaired) electrons. The Kier molecular flexibility index (Phi) is 4.44. The number of nitrogens with one attached hydrogen (secondary N) is 1. The molecule has 0 saturated heterocycles. The van der Waals surface area contributed by atoms with E-state index in [1.54, 1.807) is 0 Å². The standard InChI is InChI=1S/C12H24N2O2S/c13-12-3-1-2-11(8-12)9-14-17(15,16)7-6-10-4-5-10/h10-12,14H,1-9,13H2. The lowest BCUT2D eigenvalue weighted by Gasteiger charge is -2.26. The van der Waals surface area contributed by atoms with Gasteiger partial charge >= 0.3 is 0 Å². The van der Waals surface area contributed by atoms with Gasteiger partial charge in [0, 0.05) is 12.6 Å². The summed E-state index contributed by atoms with van der Waals surface area (Å²) in [5.74, 6) is 1.42. The van der Waals surface area contributed by atoms with Crippen molar-refractivity contribution in [3.63, 3.8) is 0 Å². The molecule has 0 bridgehead atoms. The molecule has 2 atom stereocenters.